The molecule has 1 saturated heterocycles. The fourth-order valence-electron chi connectivity index (χ4n) is 2.43. The highest BCUT2D eigenvalue weighted by Crippen LogP contribution is 2.31. The number of nitrogens with one attached hydrogen (secondary N) is 1. The van der Waals surface area contributed by atoms with Gasteiger partial charge in [-0.3, -0.25) is 4.79 Å². The minimum absolute atomic E-state index is 0.102. The van der Waals surface area contributed by atoms with Crippen LogP contribution >= 0.6 is 0 Å². The highest BCUT2D eigenvalue weighted by molar-refractivity contribution is 5.77. The van der Waals surface area contributed by atoms with E-state index >= 15 is 0 Å². The van der Waals surface area contributed by atoms with Crippen LogP contribution < -0.4 is 5.73 Å². The Bertz CT molecular complexity index is 359. The second-order valence-electron chi connectivity index (χ2n) is 4.89. The summed E-state index contributed by atoms with van der Waals surface area (Å²) in [5, 5.41) is 0. The third-order valence-corrected chi connectivity index (χ3v) is 3.37. The van der Waals surface area contributed by atoms with E-state index in [4.69, 9.17) is 5.73 Å². The Morgan fingerprint density at radius 1 is 1.71 bits per heavy atom. The third-order valence-electron chi connectivity index (χ3n) is 3.37. The Hall–Kier alpha value is -1.29. The van der Waals surface area contributed by atoms with Crippen LogP contribution in [0.15, 0.2) is 18.3 Å². The average molecular weight is 235 g/mol. The summed E-state index contributed by atoms with van der Waals surface area (Å²) in [6.07, 6.45) is 5.40. The van der Waals surface area contributed by atoms with Crippen molar-refractivity contribution in [3.05, 3.63) is 24.0 Å². The van der Waals surface area contributed by atoms with Gasteiger partial charge in [0.15, 0.2) is 0 Å². The molecule has 17 heavy (non-hydrogen) atoms. The molecule has 0 spiro atoms. The van der Waals surface area contributed by atoms with Gasteiger partial charge in [0, 0.05) is 30.9 Å². The zero-order chi connectivity index (χ0) is 12.3. The first-order valence-corrected chi connectivity index (χ1v) is 6.37. The first-order valence-electron chi connectivity index (χ1n) is 6.37. The van der Waals surface area contributed by atoms with Crippen molar-refractivity contribution >= 4 is 5.91 Å². The summed E-state index contributed by atoms with van der Waals surface area (Å²) in [7, 11) is 0. The number of nitrogens with two attached hydrogens (primary N) is 1. The Balaban J connectivity index is 1.97. The predicted octanol–water partition coefficient (Wildman–Crippen LogP) is 1.81. The lowest BCUT2D eigenvalue weighted by molar-refractivity contribution is -0.132. The van der Waals surface area contributed by atoms with Crippen LogP contribution in [0.5, 0.6) is 0 Å². The van der Waals surface area contributed by atoms with Crippen LogP contribution in [0.2, 0.25) is 0 Å². The number of carbonyl (C=O) groups excluding carboxylic acids is 1. The van der Waals surface area contributed by atoms with E-state index in [-0.39, 0.29) is 18.0 Å². The average Bonchev–Trinajstić information content (AvgIpc) is 2.94. The minimum Gasteiger partial charge on any atom is -0.363 e. The molecule has 1 amide bonds. The van der Waals surface area contributed by atoms with E-state index in [9.17, 15) is 4.79 Å². The number of hydrogen-bond acceptors (Lipinski definition) is 2. The van der Waals surface area contributed by atoms with E-state index in [2.05, 4.69) is 11.1 Å². The van der Waals surface area contributed by atoms with Crippen molar-refractivity contribution in [1.29, 1.82) is 0 Å². The molecule has 1 fully saturated rings. The minimum atomic E-state index is 0.102. The van der Waals surface area contributed by atoms with Crippen molar-refractivity contribution in [3.8, 4) is 0 Å². The second-order valence-corrected chi connectivity index (χ2v) is 4.89. The maximum Gasteiger partial charge on any atom is 0.223 e. The topological polar surface area (TPSA) is 62.1 Å². The van der Waals surface area contributed by atoms with Crippen molar-refractivity contribution < 1.29 is 4.79 Å². The summed E-state index contributed by atoms with van der Waals surface area (Å²) < 4.78 is 0. The number of rotatable bonds is 4. The second kappa shape index (κ2) is 5.36. The van der Waals surface area contributed by atoms with Gasteiger partial charge in [0.1, 0.15) is 0 Å². The lowest BCUT2D eigenvalue weighted by Gasteiger charge is -2.24. The van der Waals surface area contributed by atoms with Gasteiger partial charge in [0.25, 0.3) is 0 Å². The molecule has 2 rings (SSSR count). The van der Waals surface area contributed by atoms with Crippen LogP contribution in [0.3, 0.4) is 0 Å². The number of aromatic nitrogens is 1. The molecule has 2 unspecified atom stereocenters. The van der Waals surface area contributed by atoms with E-state index in [1.165, 1.54) is 0 Å². The van der Waals surface area contributed by atoms with Gasteiger partial charge in [-0.25, -0.2) is 0 Å². The molecule has 0 aliphatic carbocycles. The fraction of sp³-hybridized carbons (Fsp3) is 0.615. The molecule has 4 heteroatoms. The molecule has 1 aliphatic heterocycles. The van der Waals surface area contributed by atoms with Crippen LogP contribution in [0.4, 0.5) is 0 Å². The molecular weight excluding hydrogens is 214 g/mol. The van der Waals surface area contributed by atoms with Gasteiger partial charge < -0.3 is 15.6 Å². The molecular formula is C13H21N3O. The van der Waals surface area contributed by atoms with Gasteiger partial charge in [-0.2, -0.15) is 0 Å². The third kappa shape index (κ3) is 2.88. The smallest absolute Gasteiger partial charge is 0.223 e. The zero-order valence-corrected chi connectivity index (χ0v) is 10.4. The van der Waals surface area contributed by atoms with E-state index in [0.717, 1.165) is 31.5 Å². The van der Waals surface area contributed by atoms with E-state index in [0.29, 0.717) is 6.42 Å². The van der Waals surface area contributed by atoms with E-state index < -0.39 is 0 Å². The van der Waals surface area contributed by atoms with Crippen molar-refractivity contribution in [2.24, 2.45) is 5.73 Å². The predicted molar refractivity (Wildman–Crippen MR) is 67.4 cm³/mol. The first kappa shape index (κ1) is 12.2. The summed E-state index contributed by atoms with van der Waals surface area (Å²) in [6.45, 7) is 2.82. The number of hydrogen-bond donors (Lipinski definition) is 2. The molecule has 0 aromatic carbocycles. The Morgan fingerprint density at radius 3 is 3.18 bits per heavy atom. The SMILES string of the molecule is CC(N)CCC(=O)N1CCCC1c1ccc[nH]1. The van der Waals surface area contributed by atoms with Gasteiger partial charge in [0.2, 0.25) is 5.91 Å². The molecule has 0 saturated carbocycles. The molecule has 3 N–H and O–H groups in total. The normalized spacial score (nSPS) is 21.8. The number of aromatic amines is 1. The zero-order valence-electron chi connectivity index (χ0n) is 10.4. The molecule has 0 bridgehead atoms. The number of nitrogens with zero attached hydrogens (tertiary/aromatic N) is 1. The van der Waals surface area contributed by atoms with Crippen molar-refractivity contribution in [2.75, 3.05) is 6.54 Å². The van der Waals surface area contributed by atoms with Crippen LogP contribution in [0, 0.1) is 0 Å². The molecule has 1 aromatic heterocycles. The summed E-state index contributed by atoms with van der Waals surface area (Å²) in [4.78, 5) is 17.3. The molecule has 2 atom stereocenters. The van der Waals surface area contributed by atoms with Gasteiger partial charge >= 0.3 is 0 Å². The maximum absolute atomic E-state index is 12.1. The maximum atomic E-state index is 12.1. The summed E-state index contributed by atoms with van der Waals surface area (Å²) in [5.41, 5.74) is 6.84. The van der Waals surface area contributed by atoms with Crippen molar-refractivity contribution in [3.63, 3.8) is 0 Å². The number of H-pyrrole nitrogens is 1. The lowest BCUT2D eigenvalue weighted by Crippen LogP contribution is -2.31. The molecule has 4 nitrogen and oxygen atoms in total. The monoisotopic (exact) mass is 235 g/mol. The van der Waals surface area contributed by atoms with Crippen LogP contribution in [-0.4, -0.2) is 28.4 Å². The Kier molecular flexibility index (Phi) is 3.84. The summed E-state index contributed by atoms with van der Waals surface area (Å²) in [6, 6.07) is 4.39. The lowest BCUT2D eigenvalue weighted by atomic mass is 10.1. The molecule has 1 aliphatic rings. The van der Waals surface area contributed by atoms with Gasteiger partial charge in [-0.15, -0.1) is 0 Å². The van der Waals surface area contributed by atoms with Crippen LogP contribution in [0.1, 0.15) is 44.3 Å². The Morgan fingerprint density at radius 2 is 2.53 bits per heavy atom. The van der Waals surface area contributed by atoms with E-state index in [1.807, 2.05) is 24.1 Å². The summed E-state index contributed by atoms with van der Waals surface area (Å²) in [5.74, 6) is 0.236. The van der Waals surface area contributed by atoms with E-state index in [1.54, 1.807) is 0 Å². The van der Waals surface area contributed by atoms with Gasteiger partial charge in [-0.1, -0.05) is 0 Å². The van der Waals surface area contributed by atoms with Crippen LogP contribution in [0.25, 0.3) is 0 Å². The van der Waals surface area contributed by atoms with Crippen molar-refractivity contribution in [1.82, 2.24) is 9.88 Å². The summed E-state index contributed by atoms with van der Waals surface area (Å²) >= 11 is 0. The molecule has 1 aromatic rings. The van der Waals surface area contributed by atoms with Crippen molar-refractivity contribution in [2.45, 2.75) is 44.7 Å². The molecule has 2 heterocycles. The quantitative estimate of drug-likeness (QED) is 0.836. The molecule has 94 valence electrons. The highest BCUT2D eigenvalue weighted by atomic mass is 16.2. The number of amides is 1. The molecule has 0 radical (unpaired) electrons. The van der Waals surface area contributed by atoms with Gasteiger partial charge in [-0.05, 0) is 38.3 Å². The highest BCUT2D eigenvalue weighted by Gasteiger charge is 2.29. The first-order chi connectivity index (χ1) is 8.18. The largest absolute Gasteiger partial charge is 0.363 e. The number of likely N-dealkylation sites (tertiary alicyclic amines) is 1. The van der Waals surface area contributed by atoms with Crippen LogP contribution in [-0.2, 0) is 4.79 Å². The number of carbonyl (C=O) groups is 1. The standard InChI is InChI=1S/C13H21N3O/c1-10(14)6-7-13(17)16-9-3-5-12(16)11-4-2-8-15-11/h2,4,8,10,12,15H,3,5-7,9,14H2,1H3. The van der Waals surface area contributed by atoms with Gasteiger partial charge in [0.05, 0.1) is 6.04 Å². The Labute approximate surface area is 102 Å². The fourth-order valence-corrected chi connectivity index (χ4v) is 2.43.